The van der Waals surface area contributed by atoms with Gasteiger partial charge in [-0.25, -0.2) is 4.79 Å². The van der Waals surface area contributed by atoms with Crippen LogP contribution in [0.25, 0.3) is 5.69 Å². The number of aromatic nitrogens is 1. The zero-order valence-corrected chi connectivity index (χ0v) is 18.5. The van der Waals surface area contributed by atoms with Crippen molar-refractivity contribution in [3.63, 3.8) is 0 Å². The number of urea groups is 1. The number of hydrogen-bond donors (Lipinski definition) is 0. The molecule has 1 fully saturated rings. The predicted octanol–water partition coefficient (Wildman–Crippen LogP) is 5.84. The third-order valence-corrected chi connectivity index (χ3v) is 6.58. The number of rotatable bonds is 3. The highest BCUT2D eigenvalue weighted by atomic mass is 32.1. The molecule has 0 unspecified atom stereocenters. The Labute approximate surface area is 188 Å². The second-order valence-electron chi connectivity index (χ2n) is 8.05. The van der Waals surface area contributed by atoms with Crippen LogP contribution in [0, 0.1) is 12.8 Å². The summed E-state index contributed by atoms with van der Waals surface area (Å²) in [6.45, 7) is 3.19. The minimum atomic E-state index is -4.39. The SMILES string of the molecule is Cc1cn(-c2ccc(C(F)(F)F)cc2)c(=NC(=O)N2CCC(Cc3ccccc3)CC2)s1. The summed E-state index contributed by atoms with van der Waals surface area (Å²) in [6.07, 6.45) is 0.268. The lowest BCUT2D eigenvalue weighted by Crippen LogP contribution is -2.38. The number of aryl methyl sites for hydroxylation is 1. The molecule has 2 amide bonds. The Morgan fingerprint density at radius 3 is 2.34 bits per heavy atom. The Morgan fingerprint density at radius 1 is 1.06 bits per heavy atom. The number of hydrogen-bond acceptors (Lipinski definition) is 2. The summed E-state index contributed by atoms with van der Waals surface area (Å²) in [5, 5.41) is 0. The fourth-order valence-corrected chi connectivity index (χ4v) is 4.78. The molecule has 4 rings (SSSR count). The Bertz CT molecular complexity index is 1130. The smallest absolute Gasteiger partial charge is 0.323 e. The average Bonchev–Trinajstić information content (AvgIpc) is 3.14. The van der Waals surface area contributed by atoms with Gasteiger partial charge < -0.3 is 4.90 Å². The van der Waals surface area contributed by atoms with Crippen molar-refractivity contribution in [2.45, 2.75) is 32.4 Å². The minimum Gasteiger partial charge on any atom is -0.323 e. The minimum absolute atomic E-state index is 0.300. The first-order chi connectivity index (χ1) is 15.3. The first-order valence-electron chi connectivity index (χ1n) is 10.5. The van der Waals surface area contributed by atoms with Gasteiger partial charge in [-0.2, -0.15) is 18.2 Å². The molecular formula is C24H24F3N3OS. The monoisotopic (exact) mass is 459 g/mol. The highest BCUT2D eigenvalue weighted by Crippen LogP contribution is 2.29. The van der Waals surface area contributed by atoms with E-state index < -0.39 is 11.7 Å². The molecule has 1 aliphatic heterocycles. The molecule has 8 heteroatoms. The molecule has 2 aromatic carbocycles. The number of nitrogens with zero attached hydrogens (tertiary/aromatic N) is 3. The summed E-state index contributed by atoms with van der Waals surface area (Å²) >= 11 is 1.34. The summed E-state index contributed by atoms with van der Waals surface area (Å²) in [7, 11) is 0. The number of halogens is 3. The quantitative estimate of drug-likeness (QED) is 0.485. The van der Waals surface area contributed by atoms with E-state index in [1.807, 2.05) is 25.1 Å². The van der Waals surface area contributed by atoms with Crippen LogP contribution in [0.15, 0.2) is 65.8 Å². The highest BCUT2D eigenvalue weighted by molar-refractivity contribution is 7.09. The molecule has 0 atom stereocenters. The lowest BCUT2D eigenvalue weighted by molar-refractivity contribution is -0.137. The van der Waals surface area contributed by atoms with E-state index in [0.717, 1.165) is 36.3 Å². The van der Waals surface area contributed by atoms with Gasteiger partial charge in [-0.3, -0.25) is 4.57 Å². The Morgan fingerprint density at radius 2 is 1.72 bits per heavy atom. The summed E-state index contributed by atoms with van der Waals surface area (Å²) < 4.78 is 40.2. The van der Waals surface area contributed by atoms with Crippen molar-refractivity contribution in [1.29, 1.82) is 0 Å². The molecule has 0 N–H and O–H groups in total. The van der Waals surface area contributed by atoms with Crippen molar-refractivity contribution in [2.24, 2.45) is 10.9 Å². The van der Waals surface area contributed by atoms with E-state index >= 15 is 0 Å². The van der Waals surface area contributed by atoms with Gasteiger partial charge in [0.1, 0.15) is 0 Å². The van der Waals surface area contributed by atoms with Crippen LogP contribution >= 0.6 is 11.3 Å². The maximum absolute atomic E-state index is 12.9. The maximum Gasteiger partial charge on any atom is 0.416 e. The van der Waals surface area contributed by atoms with Gasteiger partial charge in [0.15, 0.2) is 4.80 Å². The van der Waals surface area contributed by atoms with Crippen LogP contribution in [0.2, 0.25) is 0 Å². The first-order valence-corrected chi connectivity index (χ1v) is 11.4. The van der Waals surface area contributed by atoms with Crippen LogP contribution < -0.4 is 4.80 Å². The van der Waals surface area contributed by atoms with Crippen LogP contribution in [0.4, 0.5) is 18.0 Å². The molecule has 1 aliphatic rings. The van der Waals surface area contributed by atoms with Crippen LogP contribution in [0.3, 0.4) is 0 Å². The van der Waals surface area contributed by atoms with Crippen LogP contribution in [-0.2, 0) is 12.6 Å². The molecule has 0 aliphatic carbocycles. The van der Waals surface area contributed by atoms with Gasteiger partial charge in [-0.15, -0.1) is 11.3 Å². The molecule has 3 aromatic rings. The molecule has 168 valence electrons. The zero-order chi connectivity index (χ0) is 22.7. The lowest BCUT2D eigenvalue weighted by Gasteiger charge is -2.30. The van der Waals surface area contributed by atoms with Gasteiger partial charge in [0.25, 0.3) is 0 Å². The number of alkyl halides is 3. The molecule has 2 heterocycles. The van der Waals surface area contributed by atoms with E-state index in [-0.39, 0.29) is 6.03 Å². The van der Waals surface area contributed by atoms with Crippen molar-refractivity contribution < 1.29 is 18.0 Å². The predicted molar refractivity (Wildman–Crippen MR) is 119 cm³/mol. The van der Waals surface area contributed by atoms with Gasteiger partial charge in [-0.05, 0) is 61.9 Å². The number of carbonyl (C=O) groups excluding carboxylic acids is 1. The molecule has 0 radical (unpaired) electrons. The standard InChI is InChI=1S/C24H24F3N3OS/c1-17-16-30(21-9-7-20(8-10-21)24(25,26)27)23(32-17)28-22(31)29-13-11-19(12-14-29)15-18-5-3-2-4-6-18/h2-10,16,19H,11-15H2,1H3. The van der Waals surface area contributed by atoms with Gasteiger partial charge in [0, 0.05) is 29.9 Å². The molecule has 0 spiro atoms. The van der Waals surface area contributed by atoms with Gasteiger partial charge in [0.05, 0.1) is 5.56 Å². The fraction of sp³-hybridized carbons (Fsp3) is 0.333. The normalized spacial score (nSPS) is 15.9. The van der Waals surface area contributed by atoms with Crippen LogP contribution in [0.5, 0.6) is 0 Å². The maximum atomic E-state index is 12.9. The summed E-state index contributed by atoms with van der Waals surface area (Å²) in [5.41, 5.74) is 1.14. The van der Waals surface area contributed by atoms with E-state index in [2.05, 4.69) is 17.1 Å². The summed E-state index contributed by atoms with van der Waals surface area (Å²) in [5.74, 6) is 0.544. The molecule has 0 saturated carbocycles. The van der Waals surface area contributed by atoms with Crippen LogP contribution in [-0.4, -0.2) is 28.6 Å². The average molecular weight is 460 g/mol. The van der Waals surface area contributed by atoms with Crippen molar-refractivity contribution >= 4 is 17.4 Å². The molecular weight excluding hydrogens is 435 g/mol. The third kappa shape index (κ3) is 5.30. The fourth-order valence-electron chi connectivity index (χ4n) is 3.96. The number of piperidine rings is 1. The molecule has 32 heavy (non-hydrogen) atoms. The Balaban J connectivity index is 1.46. The van der Waals surface area contributed by atoms with E-state index in [1.54, 1.807) is 15.7 Å². The second kappa shape index (κ2) is 9.32. The van der Waals surface area contributed by atoms with Gasteiger partial charge in [0.2, 0.25) is 0 Å². The summed E-state index contributed by atoms with van der Waals surface area (Å²) in [4.78, 5) is 20.3. The topological polar surface area (TPSA) is 37.6 Å². The summed E-state index contributed by atoms with van der Waals surface area (Å²) in [6, 6.07) is 14.9. The lowest BCUT2D eigenvalue weighted by atomic mass is 9.90. The number of thiazole rings is 1. The van der Waals surface area contributed by atoms with Crippen LogP contribution in [0.1, 0.15) is 28.8 Å². The van der Waals surface area contributed by atoms with Crippen molar-refractivity contribution in [3.8, 4) is 5.69 Å². The van der Waals surface area contributed by atoms with Crippen molar-refractivity contribution in [2.75, 3.05) is 13.1 Å². The Hall–Kier alpha value is -2.87. The first kappa shape index (κ1) is 22.3. The van der Waals surface area contributed by atoms with E-state index in [4.69, 9.17) is 0 Å². The highest BCUT2D eigenvalue weighted by Gasteiger charge is 2.30. The molecule has 1 aromatic heterocycles. The van der Waals surface area contributed by atoms with E-state index in [1.165, 1.54) is 29.0 Å². The number of likely N-dealkylation sites (tertiary alicyclic amines) is 1. The zero-order valence-electron chi connectivity index (χ0n) is 17.7. The van der Waals surface area contributed by atoms with Crippen molar-refractivity contribution in [1.82, 2.24) is 9.47 Å². The van der Waals surface area contributed by atoms with Crippen molar-refractivity contribution in [3.05, 3.63) is 81.6 Å². The number of benzene rings is 2. The van der Waals surface area contributed by atoms with Gasteiger partial charge >= 0.3 is 12.2 Å². The third-order valence-electron chi connectivity index (χ3n) is 5.69. The number of amides is 2. The van der Waals surface area contributed by atoms with Gasteiger partial charge in [-0.1, -0.05) is 30.3 Å². The molecule has 4 nitrogen and oxygen atoms in total. The van der Waals surface area contributed by atoms with E-state index in [0.29, 0.717) is 29.5 Å². The van der Waals surface area contributed by atoms with E-state index in [9.17, 15) is 18.0 Å². The second-order valence-corrected chi connectivity index (χ2v) is 9.27. The Kier molecular flexibility index (Phi) is 6.50. The molecule has 0 bridgehead atoms. The molecule has 1 saturated heterocycles. The largest absolute Gasteiger partial charge is 0.416 e. The number of carbonyl (C=O) groups is 1.